The van der Waals surface area contributed by atoms with E-state index in [0.29, 0.717) is 5.84 Å². The number of para-hydroxylation sites is 1. The summed E-state index contributed by atoms with van der Waals surface area (Å²) in [5, 5.41) is 0. The monoisotopic (exact) mass is 265 g/mol. The fraction of sp³-hybridized carbons (Fsp3) is 0.176. The third kappa shape index (κ3) is 4.05. The maximum Gasteiger partial charge on any atom is 0.161 e. The van der Waals surface area contributed by atoms with Gasteiger partial charge in [-0.05, 0) is 19.1 Å². The van der Waals surface area contributed by atoms with Gasteiger partial charge < -0.3 is 4.90 Å². The zero-order chi connectivity index (χ0) is 14.4. The largest absolute Gasteiger partial charge is 0.369 e. The summed E-state index contributed by atoms with van der Waals surface area (Å²) in [5.74, 6) is 0.713. The highest BCUT2D eigenvalue weighted by molar-refractivity contribution is 6.04. The average molecular weight is 265 g/mol. The summed E-state index contributed by atoms with van der Waals surface area (Å²) in [6, 6.07) is 18.1. The molecule has 0 aromatic heterocycles. The minimum Gasteiger partial charge on any atom is -0.369 e. The molecule has 0 N–H and O–H groups in total. The van der Waals surface area contributed by atoms with Gasteiger partial charge in [0.2, 0.25) is 0 Å². The highest BCUT2D eigenvalue weighted by Gasteiger charge is 2.02. The van der Waals surface area contributed by atoms with E-state index in [1.54, 1.807) is 6.34 Å². The fourth-order valence-electron chi connectivity index (χ4n) is 1.67. The van der Waals surface area contributed by atoms with Crippen LogP contribution in [0.15, 0.2) is 64.6 Å². The van der Waals surface area contributed by atoms with Gasteiger partial charge in [0.05, 0.1) is 12.0 Å². The minimum absolute atomic E-state index is 0.713. The highest BCUT2D eigenvalue weighted by atomic mass is 15.1. The van der Waals surface area contributed by atoms with Crippen LogP contribution in [-0.4, -0.2) is 31.2 Å². The van der Waals surface area contributed by atoms with Crippen molar-refractivity contribution in [2.75, 3.05) is 14.1 Å². The zero-order valence-electron chi connectivity index (χ0n) is 12.1. The smallest absolute Gasteiger partial charge is 0.161 e. The Morgan fingerprint density at radius 1 is 0.950 bits per heavy atom. The van der Waals surface area contributed by atoms with Crippen LogP contribution in [0.5, 0.6) is 0 Å². The first-order chi connectivity index (χ1) is 9.65. The number of aryl methyl sites for hydroxylation is 1. The van der Waals surface area contributed by atoms with Crippen LogP contribution in [-0.2, 0) is 0 Å². The van der Waals surface area contributed by atoms with Gasteiger partial charge in [-0.3, -0.25) is 0 Å². The van der Waals surface area contributed by atoms with Crippen molar-refractivity contribution in [2.24, 2.45) is 9.98 Å². The van der Waals surface area contributed by atoms with E-state index in [1.807, 2.05) is 61.5 Å². The molecule has 0 saturated heterocycles. The van der Waals surface area contributed by atoms with Crippen molar-refractivity contribution in [3.8, 4) is 0 Å². The normalized spacial score (nSPS) is 11.8. The van der Waals surface area contributed by atoms with Crippen LogP contribution >= 0.6 is 0 Å². The van der Waals surface area contributed by atoms with Crippen LogP contribution in [0.25, 0.3) is 0 Å². The Hall–Kier alpha value is -2.42. The Bertz CT molecular complexity index is 596. The van der Waals surface area contributed by atoms with Crippen molar-refractivity contribution < 1.29 is 0 Å². The van der Waals surface area contributed by atoms with Gasteiger partial charge in [-0.15, -0.1) is 0 Å². The molecule has 0 aliphatic heterocycles. The van der Waals surface area contributed by atoms with Gasteiger partial charge in [0.1, 0.15) is 0 Å². The van der Waals surface area contributed by atoms with Crippen LogP contribution in [0.1, 0.15) is 11.1 Å². The first-order valence-corrected chi connectivity index (χ1v) is 6.56. The molecule has 0 unspecified atom stereocenters. The molecule has 0 aliphatic rings. The van der Waals surface area contributed by atoms with Gasteiger partial charge in [0.25, 0.3) is 0 Å². The van der Waals surface area contributed by atoms with Gasteiger partial charge in [-0.25, -0.2) is 9.98 Å². The Morgan fingerprint density at radius 3 is 2.20 bits per heavy atom. The second-order valence-electron chi connectivity index (χ2n) is 4.85. The van der Waals surface area contributed by atoms with E-state index in [2.05, 4.69) is 29.0 Å². The molecule has 20 heavy (non-hydrogen) atoms. The minimum atomic E-state index is 0.713. The molecular weight excluding hydrogens is 246 g/mol. The molecule has 0 fully saturated rings. The molecule has 0 atom stereocenters. The molecule has 0 saturated carbocycles. The first kappa shape index (κ1) is 14.0. The molecule has 0 amide bonds. The number of rotatable bonds is 3. The van der Waals surface area contributed by atoms with Crippen molar-refractivity contribution in [3.05, 3.63) is 65.7 Å². The maximum absolute atomic E-state index is 4.62. The quantitative estimate of drug-likeness (QED) is 0.615. The Labute approximate surface area is 120 Å². The predicted molar refractivity (Wildman–Crippen MR) is 86.0 cm³/mol. The number of hydrogen-bond acceptors (Lipinski definition) is 1. The van der Waals surface area contributed by atoms with Gasteiger partial charge in [-0.1, -0.05) is 48.0 Å². The van der Waals surface area contributed by atoms with Gasteiger partial charge in [0, 0.05) is 19.7 Å². The summed E-state index contributed by atoms with van der Waals surface area (Å²) >= 11 is 0. The average Bonchev–Trinajstić information content (AvgIpc) is 2.45. The molecule has 102 valence electrons. The van der Waals surface area contributed by atoms with Gasteiger partial charge >= 0.3 is 0 Å². The number of amidine groups is 1. The number of aliphatic imine (C=N–C) groups is 2. The summed E-state index contributed by atoms with van der Waals surface area (Å²) in [4.78, 5) is 11.0. The molecule has 0 radical (unpaired) electrons. The van der Waals surface area contributed by atoms with Crippen molar-refractivity contribution in [2.45, 2.75) is 6.92 Å². The van der Waals surface area contributed by atoms with E-state index < -0.39 is 0 Å². The molecular formula is C17H19N3. The lowest BCUT2D eigenvalue weighted by Gasteiger charge is -2.06. The van der Waals surface area contributed by atoms with Crippen molar-refractivity contribution >= 4 is 17.9 Å². The van der Waals surface area contributed by atoms with Crippen LogP contribution in [0.3, 0.4) is 0 Å². The topological polar surface area (TPSA) is 28.0 Å². The summed E-state index contributed by atoms with van der Waals surface area (Å²) < 4.78 is 0. The first-order valence-electron chi connectivity index (χ1n) is 6.56. The van der Waals surface area contributed by atoms with E-state index in [9.17, 15) is 0 Å². The molecule has 0 aliphatic carbocycles. The van der Waals surface area contributed by atoms with Gasteiger partial charge in [-0.2, -0.15) is 0 Å². The van der Waals surface area contributed by atoms with E-state index >= 15 is 0 Å². The Morgan fingerprint density at radius 2 is 1.60 bits per heavy atom. The molecule has 0 heterocycles. The summed E-state index contributed by atoms with van der Waals surface area (Å²) in [7, 11) is 3.89. The van der Waals surface area contributed by atoms with Crippen molar-refractivity contribution in [1.29, 1.82) is 0 Å². The van der Waals surface area contributed by atoms with Crippen molar-refractivity contribution in [1.82, 2.24) is 4.90 Å². The number of nitrogens with zero attached hydrogens (tertiary/aromatic N) is 3. The lowest BCUT2D eigenvalue weighted by atomic mass is 10.1. The molecule has 3 heteroatoms. The van der Waals surface area contributed by atoms with Crippen LogP contribution in [0.2, 0.25) is 0 Å². The van der Waals surface area contributed by atoms with E-state index in [0.717, 1.165) is 11.3 Å². The Kier molecular flexibility index (Phi) is 4.66. The lowest BCUT2D eigenvalue weighted by Crippen LogP contribution is -2.10. The molecule has 0 spiro atoms. The van der Waals surface area contributed by atoms with E-state index in [4.69, 9.17) is 0 Å². The van der Waals surface area contributed by atoms with E-state index in [1.165, 1.54) is 5.56 Å². The van der Waals surface area contributed by atoms with Gasteiger partial charge in [0.15, 0.2) is 5.84 Å². The predicted octanol–water partition coefficient (Wildman–Crippen LogP) is 3.66. The van der Waals surface area contributed by atoms with E-state index in [-0.39, 0.29) is 0 Å². The van der Waals surface area contributed by atoms with Crippen LogP contribution in [0.4, 0.5) is 5.69 Å². The molecule has 2 rings (SSSR count). The third-order valence-electron chi connectivity index (χ3n) is 2.71. The lowest BCUT2D eigenvalue weighted by molar-refractivity contribution is 0.644. The van der Waals surface area contributed by atoms with Crippen LogP contribution in [0, 0.1) is 6.92 Å². The summed E-state index contributed by atoms with van der Waals surface area (Å²) in [5.41, 5.74) is 3.14. The molecule has 0 bridgehead atoms. The SMILES string of the molecule is Cc1ccc(C(N=CN(C)C)=Nc2ccccc2)cc1. The number of benzene rings is 2. The summed E-state index contributed by atoms with van der Waals surface area (Å²) in [6.07, 6.45) is 1.77. The molecule has 2 aromatic carbocycles. The molecule has 3 nitrogen and oxygen atoms in total. The number of hydrogen-bond donors (Lipinski definition) is 0. The third-order valence-corrected chi connectivity index (χ3v) is 2.71. The molecule has 2 aromatic rings. The second-order valence-corrected chi connectivity index (χ2v) is 4.85. The van der Waals surface area contributed by atoms with Crippen LogP contribution < -0.4 is 0 Å². The highest BCUT2D eigenvalue weighted by Crippen LogP contribution is 2.14. The fourth-order valence-corrected chi connectivity index (χ4v) is 1.67. The zero-order valence-corrected chi connectivity index (χ0v) is 12.1. The maximum atomic E-state index is 4.62. The second kappa shape index (κ2) is 6.66. The Balaban J connectivity index is 2.39. The van der Waals surface area contributed by atoms with Crippen molar-refractivity contribution in [3.63, 3.8) is 0 Å². The standard InChI is InChI=1S/C17H19N3/c1-14-9-11-15(12-10-14)17(18-13-20(2)3)19-16-7-5-4-6-8-16/h4-13H,1-3H3. The summed E-state index contributed by atoms with van der Waals surface area (Å²) in [6.45, 7) is 2.07.